The molecule has 0 saturated heterocycles. The highest BCUT2D eigenvalue weighted by Crippen LogP contribution is 2.09. The molecule has 0 atom stereocenters. The number of thiophene rings is 1. The summed E-state index contributed by atoms with van der Waals surface area (Å²) in [7, 11) is 2.11. The monoisotopic (exact) mass is 475 g/mol. The second kappa shape index (κ2) is 11.5. The lowest BCUT2D eigenvalue weighted by Crippen LogP contribution is -2.40. The Labute approximate surface area is 172 Å². The Hall–Kier alpha value is -1.09. The molecule has 2 aromatic heterocycles. The second-order valence-electron chi connectivity index (χ2n) is 5.99. The Balaban J connectivity index is 0.00000312. The van der Waals surface area contributed by atoms with Gasteiger partial charge in [0.15, 0.2) is 5.96 Å². The molecule has 0 bridgehead atoms. The first-order valence-electron chi connectivity index (χ1n) is 8.63. The van der Waals surface area contributed by atoms with Crippen LogP contribution in [0.3, 0.4) is 0 Å². The fourth-order valence-corrected chi connectivity index (χ4v) is 3.31. The Morgan fingerprint density at radius 1 is 1.40 bits per heavy atom. The van der Waals surface area contributed by atoms with Crippen LogP contribution in [0.2, 0.25) is 0 Å². The van der Waals surface area contributed by atoms with Gasteiger partial charge in [-0.2, -0.15) is 5.10 Å². The summed E-state index contributed by atoms with van der Waals surface area (Å²) in [6.07, 6.45) is 2.06. The number of aliphatic imine (C=N–C) groups is 1. The van der Waals surface area contributed by atoms with Crippen LogP contribution in [-0.4, -0.2) is 47.3 Å². The standard InChI is InChI=1S/C18H29N5S.HI/c1-5-19-18(22(4)12-9-17-8-6-13-24-17)20-10-7-11-23-16(3)14-15(2)21-23;/h6,8,13-14H,5,7,9-12H2,1-4H3,(H,19,20);1H. The molecule has 0 amide bonds. The summed E-state index contributed by atoms with van der Waals surface area (Å²) in [6, 6.07) is 6.42. The van der Waals surface area contributed by atoms with Gasteiger partial charge in [-0.1, -0.05) is 6.07 Å². The number of aryl methyl sites for hydroxylation is 3. The molecule has 0 aromatic carbocycles. The highest BCUT2D eigenvalue weighted by molar-refractivity contribution is 14.0. The predicted octanol–water partition coefficient (Wildman–Crippen LogP) is 3.71. The first-order chi connectivity index (χ1) is 11.6. The fourth-order valence-electron chi connectivity index (χ4n) is 2.62. The number of likely N-dealkylation sites (N-methyl/N-ethyl adjacent to an activating group) is 1. The Morgan fingerprint density at radius 2 is 2.20 bits per heavy atom. The summed E-state index contributed by atoms with van der Waals surface area (Å²) in [5.41, 5.74) is 2.30. The number of halogens is 1. The Bertz CT molecular complexity index is 636. The molecule has 25 heavy (non-hydrogen) atoms. The van der Waals surface area contributed by atoms with Crippen molar-refractivity contribution in [2.75, 3.05) is 26.7 Å². The smallest absolute Gasteiger partial charge is 0.193 e. The molecule has 2 aromatic rings. The number of hydrogen-bond acceptors (Lipinski definition) is 3. The normalized spacial score (nSPS) is 11.3. The van der Waals surface area contributed by atoms with Crippen molar-refractivity contribution in [2.45, 2.75) is 40.2 Å². The third-order valence-electron chi connectivity index (χ3n) is 3.86. The molecule has 0 aliphatic heterocycles. The molecule has 2 heterocycles. The van der Waals surface area contributed by atoms with Crippen LogP contribution < -0.4 is 5.32 Å². The van der Waals surface area contributed by atoms with Crippen molar-refractivity contribution in [1.82, 2.24) is 20.0 Å². The minimum Gasteiger partial charge on any atom is -0.357 e. The molecule has 0 fully saturated rings. The minimum atomic E-state index is 0. The first-order valence-corrected chi connectivity index (χ1v) is 9.51. The number of guanidine groups is 1. The molecule has 0 aliphatic carbocycles. The summed E-state index contributed by atoms with van der Waals surface area (Å²) in [6.45, 7) is 9.84. The number of nitrogens with one attached hydrogen (secondary N) is 1. The molecule has 0 radical (unpaired) electrons. The average molecular weight is 475 g/mol. The van der Waals surface area contributed by atoms with Gasteiger partial charge >= 0.3 is 0 Å². The van der Waals surface area contributed by atoms with Gasteiger partial charge in [-0.15, -0.1) is 35.3 Å². The van der Waals surface area contributed by atoms with Crippen LogP contribution in [0.25, 0.3) is 0 Å². The Morgan fingerprint density at radius 3 is 2.80 bits per heavy atom. The van der Waals surface area contributed by atoms with Crippen molar-refractivity contribution in [2.24, 2.45) is 4.99 Å². The predicted molar refractivity (Wildman–Crippen MR) is 118 cm³/mol. The maximum absolute atomic E-state index is 4.76. The second-order valence-corrected chi connectivity index (χ2v) is 7.02. The van der Waals surface area contributed by atoms with Crippen molar-refractivity contribution in [3.63, 3.8) is 0 Å². The van der Waals surface area contributed by atoms with E-state index < -0.39 is 0 Å². The molecule has 0 saturated carbocycles. The SMILES string of the molecule is CCNC(=NCCCn1nc(C)cc1C)N(C)CCc1cccs1.I. The molecule has 1 N–H and O–H groups in total. The van der Waals surface area contributed by atoms with E-state index in [0.29, 0.717) is 0 Å². The van der Waals surface area contributed by atoms with Crippen molar-refractivity contribution >= 4 is 41.3 Å². The van der Waals surface area contributed by atoms with Gasteiger partial charge < -0.3 is 10.2 Å². The molecular formula is C18H30IN5S. The molecular weight excluding hydrogens is 445 g/mol. The van der Waals surface area contributed by atoms with Gasteiger partial charge in [0.05, 0.1) is 5.69 Å². The largest absolute Gasteiger partial charge is 0.357 e. The number of hydrogen-bond donors (Lipinski definition) is 1. The van der Waals surface area contributed by atoms with E-state index in [0.717, 1.165) is 50.7 Å². The number of aromatic nitrogens is 2. The zero-order chi connectivity index (χ0) is 17.4. The van der Waals surface area contributed by atoms with Crippen LogP contribution in [0.4, 0.5) is 0 Å². The van der Waals surface area contributed by atoms with Crippen LogP contribution >= 0.6 is 35.3 Å². The lowest BCUT2D eigenvalue weighted by atomic mass is 10.3. The maximum Gasteiger partial charge on any atom is 0.193 e. The average Bonchev–Trinajstić information content (AvgIpc) is 3.17. The van der Waals surface area contributed by atoms with Crippen LogP contribution in [0, 0.1) is 13.8 Å². The van der Waals surface area contributed by atoms with Gasteiger partial charge in [0.1, 0.15) is 0 Å². The van der Waals surface area contributed by atoms with Crippen molar-refractivity contribution in [3.8, 4) is 0 Å². The van der Waals surface area contributed by atoms with Gasteiger partial charge in [-0.3, -0.25) is 9.67 Å². The quantitative estimate of drug-likeness (QED) is 0.274. The van der Waals surface area contributed by atoms with E-state index in [2.05, 4.69) is 64.5 Å². The zero-order valence-electron chi connectivity index (χ0n) is 15.7. The lowest BCUT2D eigenvalue weighted by molar-refractivity contribution is 0.484. The third-order valence-corrected chi connectivity index (χ3v) is 4.80. The van der Waals surface area contributed by atoms with E-state index in [9.17, 15) is 0 Å². The van der Waals surface area contributed by atoms with E-state index in [4.69, 9.17) is 4.99 Å². The van der Waals surface area contributed by atoms with Crippen molar-refractivity contribution in [3.05, 3.63) is 39.8 Å². The van der Waals surface area contributed by atoms with E-state index in [1.807, 2.05) is 18.3 Å². The molecule has 0 spiro atoms. The number of rotatable bonds is 8. The fraction of sp³-hybridized carbons (Fsp3) is 0.556. The van der Waals surface area contributed by atoms with Crippen LogP contribution in [-0.2, 0) is 13.0 Å². The van der Waals surface area contributed by atoms with Gasteiger partial charge in [0.25, 0.3) is 0 Å². The summed E-state index contributed by atoms with van der Waals surface area (Å²) in [5.74, 6) is 0.988. The third kappa shape index (κ3) is 7.35. The number of nitrogens with zero attached hydrogens (tertiary/aromatic N) is 4. The van der Waals surface area contributed by atoms with Crippen LogP contribution in [0.5, 0.6) is 0 Å². The van der Waals surface area contributed by atoms with Crippen molar-refractivity contribution < 1.29 is 0 Å². The van der Waals surface area contributed by atoms with E-state index >= 15 is 0 Å². The van der Waals surface area contributed by atoms with Gasteiger partial charge in [-0.25, -0.2) is 0 Å². The van der Waals surface area contributed by atoms with E-state index in [1.54, 1.807) is 0 Å². The van der Waals surface area contributed by atoms with Gasteiger partial charge in [0.2, 0.25) is 0 Å². The summed E-state index contributed by atoms with van der Waals surface area (Å²) in [4.78, 5) is 8.39. The first kappa shape index (κ1) is 22.0. The van der Waals surface area contributed by atoms with Gasteiger partial charge in [0, 0.05) is 43.8 Å². The summed E-state index contributed by atoms with van der Waals surface area (Å²) >= 11 is 1.82. The van der Waals surface area contributed by atoms with Crippen LogP contribution in [0.1, 0.15) is 29.6 Å². The van der Waals surface area contributed by atoms with Gasteiger partial charge in [-0.05, 0) is 51.1 Å². The van der Waals surface area contributed by atoms with Crippen molar-refractivity contribution in [1.29, 1.82) is 0 Å². The Kier molecular flexibility index (Phi) is 10.1. The highest BCUT2D eigenvalue weighted by atomic mass is 127. The molecule has 7 heteroatoms. The molecule has 0 aliphatic rings. The molecule has 0 unspecified atom stereocenters. The van der Waals surface area contributed by atoms with Crippen LogP contribution in [0.15, 0.2) is 28.6 Å². The molecule has 140 valence electrons. The minimum absolute atomic E-state index is 0. The van der Waals surface area contributed by atoms with E-state index in [-0.39, 0.29) is 24.0 Å². The van der Waals surface area contributed by atoms with E-state index in [1.165, 1.54) is 10.6 Å². The summed E-state index contributed by atoms with van der Waals surface area (Å²) in [5, 5.41) is 10.0. The maximum atomic E-state index is 4.76. The summed E-state index contributed by atoms with van der Waals surface area (Å²) < 4.78 is 2.07. The molecule has 5 nitrogen and oxygen atoms in total. The lowest BCUT2D eigenvalue weighted by Gasteiger charge is -2.21. The topological polar surface area (TPSA) is 45.5 Å². The highest BCUT2D eigenvalue weighted by Gasteiger charge is 2.06. The zero-order valence-corrected chi connectivity index (χ0v) is 18.8. The molecule has 2 rings (SSSR count).